The van der Waals surface area contributed by atoms with Gasteiger partial charge in [-0.15, -0.1) is 12.4 Å². The fraction of sp³-hybridized carbons (Fsp3) is 1.00. The number of halogens is 1. The second-order valence-corrected chi connectivity index (χ2v) is 0.316. The number of aliphatic hydroxyl groups is 1. The molecule has 0 aliphatic rings. The van der Waals surface area contributed by atoms with Gasteiger partial charge in [-0.1, -0.05) is 0 Å². The molecule has 0 saturated carbocycles. The normalized spacial score (nSPS) is 3.60. The van der Waals surface area contributed by atoms with Crippen LogP contribution in [0.3, 0.4) is 0 Å². The summed E-state index contributed by atoms with van der Waals surface area (Å²) in [6.45, 7) is 1.93. The van der Waals surface area contributed by atoms with Gasteiger partial charge < -0.3 is 5.11 Å². The van der Waals surface area contributed by atoms with E-state index in [-0.39, 0.29) is 60.8 Å². The van der Waals surface area contributed by atoms with Gasteiger partial charge in [0.15, 0.2) is 0 Å². The Labute approximate surface area is 71.9 Å². The third-order valence-corrected chi connectivity index (χ3v) is 0. The van der Waals surface area contributed by atoms with Gasteiger partial charge in [-0.3, -0.25) is 0 Å². The Morgan fingerprint density at radius 3 is 1.60 bits per heavy atom. The molecule has 0 heterocycles. The predicted molar refractivity (Wildman–Crippen MR) is 20.0 cm³/mol. The maximum Gasteiger partial charge on any atom is 0.0402 e. The van der Waals surface area contributed by atoms with E-state index < -0.39 is 0 Å². The van der Waals surface area contributed by atoms with Crippen molar-refractivity contribution in [3.05, 3.63) is 0 Å². The standard InChI is InChI=1S/C2H6O.Ce.ClH/c1-2-3;;/h3H,2H2,1H3;;1H. The van der Waals surface area contributed by atoms with Crippen LogP contribution in [-0.4, -0.2) is 11.7 Å². The molecule has 32 valence electrons. The number of rotatable bonds is 0. The molecule has 0 aliphatic heterocycles. The van der Waals surface area contributed by atoms with Gasteiger partial charge in [-0.2, -0.15) is 0 Å². The minimum Gasteiger partial charge on any atom is -0.397 e. The van der Waals surface area contributed by atoms with E-state index in [9.17, 15) is 0 Å². The maximum absolute atomic E-state index is 7.57. The summed E-state index contributed by atoms with van der Waals surface area (Å²) < 4.78 is 0. The van der Waals surface area contributed by atoms with Crippen molar-refractivity contribution in [3.8, 4) is 0 Å². The van der Waals surface area contributed by atoms with E-state index in [2.05, 4.69) is 0 Å². The summed E-state index contributed by atoms with van der Waals surface area (Å²) >= 11 is 0. The zero-order chi connectivity index (χ0) is 2.71. The minimum atomic E-state index is 0. The Hall–Kier alpha value is 1.63. The first kappa shape index (κ1) is 16.0. The van der Waals surface area contributed by atoms with Crippen molar-refractivity contribution in [2.75, 3.05) is 6.61 Å². The van der Waals surface area contributed by atoms with E-state index in [4.69, 9.17) is 5.11 Å². The minimum absolute atomic E-state index is 0. The molecular formula is C2H7CeClO. The molecule has 0 amide bonds. The maximum atomic E-state index is 7.57. The van der Waals surface area contributed by atoms with Crippen LogP contribution in [0, 0.1) is 41.7 Å². The van der Waals surface area contributed by atoms with E-state index in [1.165, 1.54) is 0 Å². The van der Waals surface area contributed by atoms with Crippen molar-refractivity contribution in [3.63, 3.8) is 0 Å². The van der Waals surface area contributed by atoms with Crippen LogP contribution in [0.25, 0.3) is 0 Å². The summed E-state index contributed by atoms with van der Waals surface area (Å²) in [5, 5.41) is 7.57. The Morgan fingerprint density at radius 2 is 1.60 bits per heavy atom. The zero-order valence-electron chi connectivity index (χ0n) is 3.06. The largest absolute Gasteiger partial charge is 0.397 e. The summed E-state index contributed by atoms with van der Waals surface area (Å²) in [7, 11) is 0. The molecule has 0 spiro atoms. The van der Waals surface area contributed by atoms with E-state index in [1.807, 2.05) is 0 Å². The molecule has 1 N–H and O–H groups in total. The summed E-state index contributed by atoms with van der Waals surface area (Å²) in [5.41, 5.74) is 0. The molecule has 5 heavy (non-hydrogen) atoms. The van der Waals surface area contributed by atoms with Crippen molar-refractivity contribution < 1.29 is 46.9 Å². The van der Waals surface area contributed by atoms with Crippen LogP contribution in [0.2, 0.25) is 0 Å². The molecular weight excluding hydrogens is 216 g/mol. The predicted octanol–water partition coefficient (Wildman–Crippen LogP) is 0.420. The van der Waals surface area contributed by atoms with Gasteiger partial charge in [0.25, 0.3) is 0 Å². The molecule has 0 rings (SSSR count). The van der Waals surface area contributed by atoms with E-state index >= 15 is 0 Å². The van der Waals surface area contributed by atoms with Crippen LogP contribution in [0.5, 0.6) is 0 Å². The van der Waals surface area contributed by atoms with Crippen molar-refractivity contribution in [1.82, 2.24) is 0 Å². The number of hydrogen-bond donors (Lipinski definition) is 1. The van der Waals surface area contributed by atoms with Crippen LogP contribution in [0.15, 0.2) is 0 Å². The van der Waals surface area contributed by atoms with Crippen molar-refractivity contribution in [2.45, 2.75) is 6.92 Å². The molecule has 0 fully saturated rings. The molecule has 0 atom stereocenters. The Balaban J connectivity index is -0.0000000200. The number of aliphatic hydroxyl groups excluding tert-OH is 1. The average Bonchev–Trinajstić information content (AvgIpc) is 0.918. The van der Waals surface area contributed by atoms with Gasteiger partial charge in [0.2, 0.25) is 0 Å². The molecule has 0 aromatic carbocycles. The zero-order valence-corrected chi connectivity index (χ0v) is 7.02. The van der Waals surface area contributed by atoms with Crippen LogP contribution in [0.4, 0.5) is 0 Å². The van der Waals surface area contributed by atoms with E-state index in [0.29, 0.717) is 0 Å². The molecule has 0 aromatic rings. The van der Waals surface area contributed by atoms with Crippen LogP contribution >= 0.6 is 12.4 Å². The van der Waals surface area contributed by atoms with Crippen LogP contribution < -0.4 is 0 Å². The van der Waals surface area contributed by atoms with Gasteiger partial charge in [-0.05, 0) is 6.92 Å². The topological polar surface area (TPSA) is 20.2 Å². The fourth-order valence-corrected chi connectivity index (χ4v) is 0. The molecule has 1 nitrogen and oxygen atoms in total. The van der Waals surface area contributed by atoms with Crippen LogP contribution in [-0.2, 0) is 0 Å². The summed E-state index contributed by atoms with van der Waals surface area (Å²) in [6, 6.07) is 0. The fourth-order valence-electron chi connectivity index (χ4n) is 0. The molecule has 0 aromatic heterocycles. The first-order valence-electron chi connectivity index (χ1n) is 1.02. The Kier molecular flexibility index (Phi) is 55.7. The third kappa shape index (κ3) is 28.0. The first-order chi connectivity index (χ1) is 1.41. The van der Waals surface area contributed by atoms with Crippen molar-refractivity contribution >= 4 is 12.4 Å². The number of hydrogen-bond acceptors (Lipinski definition) is 1. The van der Waals surface area contributed by atoms with Crippen LogP contribution in [0.1, 0.15) is 6.92 Å². The quantitative estimate of drug-likeness (QED) is 0.630. The third-order valence-electron chi connectivity index (χ3n) is 0. The molecule has 0 unspecified atom stereocenters. The second-order valence-electron chi connectivity index (χ2n) is 0.316. The van der Waals surface area contributed by atoms with E-state index in [0.717, 1.165) is 0 Å². The van der Waals surface area contributed by atoms with Gasteiger partial charge in [0, 0.05) is 48.4 Å². The smallest absolute Gasteiger partial charge is 0.0402 e. The Bertz CT molecular complexity index is 9.61. The molecule has 0 saturated heterocycles. The average molecular weight is 223 g/mol. The molecule has 0 bridgehead atoms. The van der Waals surface area contributed by atoms with Crippen molar-refractivity contribution in [1.29, 1.82) is 0 Å². The van der Waals surface area contributed by atoms with E-state index in [1.54, 1.807) is 6.92 Å². The van der Waals surface area contributed by atoms with Gasteiger partial charge in [-0.25, -0.2) is 0 Å². The first-order valence-corrected chi connectivity index (χ1v) is 1.02. The van der Waals surface area contributed by atoms with Gasteiger partial charge in [0.1, 0.15) is 0 Å². The van der Waals surface area contributed by atoms with Crippen molar-refractivity contribution in [2.24, 2.45) is 0 Å². The molecule has 0 radical (unpaired) electrons. The monoisotopic (exact) mass is 222 g/mol. The second kappa shape index (κ2) is 17.5. The molecule has 0 aliphatic carbocycles. The Morgan fingerprint density at radius 1 is 1.60 bits per heavy atom. The SMILES string of the molecule is CCO.Cl.[Ce]. The van der Waals surface area contributed by atoms with Gasteiger partial charge >= 0.3 is 0 Å². The summed E-state index contributed by atoms with van der Waals surface area (Å²) in [4.78, 5) is 0. The summed E-state index contributed by atoms with van der Waals surface area (Å²) in [6.07, 6.45) is 0. The molecule has 3 heteroatoms. The van der Waals surface area contributed by atoms with Gasteiger partial charge in [0.05, 0.1) is 0 Å². The summed E-state index contributed by atoms with van der Waals surface area (Å²) in [5.74, 6) is 0.